The smallest absolute Gasteiger partial charge is 0.252 e. The SMILES string of the molecule is Cc1ccc(C(N)=O)c(NCC2CCNCC2)n1. The largest absolute Gasteiger partial charge is 0.369 e. The number of nitrogens with zero attached hydrogens (tertiary/aromatic N) is 1. The van der Waals surface area contributed by atoms with Crippen molar-refractivity contribution in [1.82, 2.24) is 10.3 Å². The molecule has 5 nitrogen and oxygen atoms in total. The van der Waals surface area contributed by atoms with Crippen molar-refractivity contribution in [2.24, 2.45) is 11.7 Å². The zero-order valence-electron chi connectivity index (χ0n) is 10.7. The standard InChI is InChI=1S/C13H20N4O/c1-9-2-3-11(12(14)18)13(17-9)16-8-10-4-6-15-7-5-10/h2-3,10,15H,4-8H2,1H3,(H2,14,18)(H,16,17). The van der Waals surface area contributed by atoms with Crippen molar-refractivity contribution in [3.63, 3.8) is 0 Å². The van der Waals surface area contributed by atoms with Gasteiger partial charge in [0.25, 0.3) is 5.91 Å². The van der Waals surface area contributed by atoms with Crippen LogP contribution in [0.1, 0.15) is 28.9 Å². The van der Waals surface area contributed by atoms with Gasteiger partial charge in [0.1, 0.15) is 5.82 Å². The zero-order chi connectivity index (χ0) is 13.0. The Balaban J connectivity index is 2.03. The number of rotatable bonds is 4. The lowest BCUT2D eigenvalue weighted by Gasteiger charge is -2.23. The van der Waals surface area contributed by atoms with Gasteiger partial charge in [-0.15, -0.1) is 0 Å². The summed E-state index contributed by atoms with van der Waals surface area (Å²) in [5.41, 5.74) is 6.69. The number of primary amides is 1. The highest BCUT2D eigenvalue weighted by Crippen LogP contribution is 2.16. The number of nitrogens with two attached hydrogens (primary N) is 1. The van der Waals surface area contributed by atoms with Crippen LogP contribution < -0.4 is 16.4 Å². The molecule has 1 aliphatic heterocycles. The summed E-state index contributed by atoms with van der Waals surface area (Å²) >= 11 is 0. The maximum Gasteiger partial charge on any atom is 0.252 e. The van der Waals surface area contributed by atoms with Gasteiger partial charge in [0.15, 0.2) is 0 Å². The molecule has 0 aliphatic carbocycles. The van der Waals surface area contributed by atoms with Gasteiger partial charge in [-0.1, -0.05) is 0 Å². The normalized spacial score (nSPS) is 16.5. The average molecular weight is 248 g/mol. The van der Waals surface area contributed by atoms with Crippen molar-refractivity contribution < 1.29 is 4.79 Å². The Kier molecular flexibility index (Phi) is 4.15. The van der Waals surface area contributed by atoms with E-state index in [4.69, 9.17) is 5.73 Å². The number of carbonyl (C=O) groups excluding carboxylic acids is 1. The molecule has 98 valence electrons. The van der Waals surface area contributed by atoms with Gasteiger partial charge in [0, 0.05) is 12.2 Å². The lowest BCUT2D eigenvalue weighted by Crippen LogP contribution is -2.31. The summed E-state index contributed by atoms with van der Waals surface area (Å²) in [7, 11) is 0. The van der Waals surface area contributed by atoms with Crippen LogP contribution in [0.3, 0.4) is 0 Å². The molecule has 4 N–H and O–H groups in total. The summed E-state index contributed by atoms with van der Waals surface area (Å²) in [5, 5.41) is 6.60. The molecule has 0 atom stereocenters. The molecule has 1 aromatic rings. The molecule has 0 bridgehead atoms. The third kappa shape index (κ3) is 3.20. The van der Waals surface area contributed by atoms with Gasteiger partial charge in [0.2, 0.25) is 0 Å². The van der Waals surface area contributed by atoms with Gasteiger partial charge in [-0.05, 0) is 50.9 Å². The molecule has 18 heavy (non-hydrogen) atoms. The van der Waals surface area contributed by atoms with E-state index < -0.39 is 5.91 Å². The number of anilines is 1. The van der Waals surface area contributed by atoms with Crippen LogP contribution in [0.5, 0.6) is 0 Å². The molecule has 1 aliphatic rings. The predicted octanol–water partition coefficient (Wildman–Crippen LogP) is 0.900. The summed E-state index contributed by atoms with van der Waals surface area (Å²) in [6.45, 7) is 4.88. The molecular formula is C13H20N4O. The molecule has 1 aromatic heterocycles. The molecule has 0 spiro atoms. The first kappa shape index (κ1) is 12.8. The molecule has 2 heterocycles. The number of aryl methyl sites for hydroxylation is 1. The number of aromatic nitrogens is 1. The van der Waals surface area contributed by atoms with E-state index in [9.17, 15) is 4.79 Å². The average Bonchev–Trinajstić information content (AvgIpc) is 2.37. The van der Waals surface area contributed by atoms with Crippen molar-refractivity contribution in [2.75, 3.05) is 25.0 Å². The lowest BCUT2D eigenvalue weighted by atomic mass is 9.98. The van der Waals surface area contributed by atoms with Crippen LogP contribution in [-0.2, 0) is 0 Å². The van der Waals surface area contributed by atoms with Crippen molar-refractivity contribution in [1.29, 1.82) is 0 Å². The highest BCUT2D eigenvalue weighted by molar-refractivity contribution is 5.97. The second-order valence-corrected chi connectivity index (χ2v) is 4.79. The second kappa shape index (κ2) is 5.82. The van der Waals surface area contributed by atoms with E-state index >= 15 is 0 Å². The van der Waals surface area contributed by atoms with E-state index in [0.717, 1.165) is 38.2 Å². The van der Waals surface area contributed by atoms with Gasteiger partial charge < -0.3 is 16.4 Å². The Bertz CT molecular complexity index is 427. The van der Waals surface area contributed by atoms with Crippen molar-refractivity contribution in [3.05, 3.63) is 23.4 Å². The molecule has 0 radical (unpaired) electrons. The fourth-order valence-corrected chi connectivity index (χ4v) is 2.22. The molecule has 2 rings (SSSR count). The zero-order valence-corrected chi connectivity index (χ0v) is 10.7. The van der Waals surface area contributed by atoms with Crippen LogP contribution in [0, 0.1) is 12.8 Å². The number of nitrogens with one attached hydrogen (secondary N) is 2. The maximum atomic E-state index is 11.3. The highest BCUT2D eigenvalue weighted by atomic mass is 16.1. The minimum absolute atomic E-state index is 0.435. The van der Waals surface area contributed by atoms with Gasteiger partial charge in [0.05, 0.1) is 5.56 Å². The topological polar surface area (TPSA) is 80.0 Å². The van der Waals surface area contributed by atoms with Crippen molar-refractivity contribution in [2.45, 2.75) is 19.8 Å². The number of hydrogen-bond acceptors (Lipinski definition) is 4. The van der Waals surface area contributed by atoms with E-state index in [0.29, 0.717) is 17.3 Å². The van der Waals surface area contributed by atoms with Crippen LogP contribution in [-0.4, -0.2) is 30.5 Å². The number of piperidine rings is 1. The van der Waals surface area contributed by atoms with Crippen molar-refractivity contribution in [3.8, 4) is 0 Å². The van der Waals surface area contributed by atoms with Crippen LogP contribution in [0.2, 0.25) is 0 Å². The highest BCUT2D eigenvalue weighted by Gasteiger charge is 2.15. The minimum atomic E-state index is -0.435. The van der Waals surface area contributed by atoms with Crippen LogP contribution in [0.15, 0.2) is 12.1 Å². The monoisotopic (exact) mass is 248 g/mol. The third-order valence-corrected chi connectivity index (χ3v) is 3.32. The molecule has 0 saturated carbocycles. The Morgan fingerprint density at radius 1 is 1.50 bits per heavy atom. The lowest BCUT2D eigenvalue weighted by molar-refractivity contribution is 0.100. The van der Waals surface area contributed by atoms with E-state index in [2.05, 4.69) is 15.6 Å². The quantitative estimate of drug-likeness (QED) is 0.739. The summed E-state index contributed by atoms with van der Waals surface area (Å²) < 4.78 is 0. The number of carbonyl (C=O) groups is 1. The number of pyridine rings is 1. The van der Waals surface area contributed by atoms with Gasteiger partial charge >= 0.3 is 0 Å². The third-order valence-electron chi connectivity index (χ3n) is 3.32. The molecule has 5 heteroatoms. The minimum Gasteiger partial charge on any atom is -0.369 e. The Morgan fingerprint density at radius 2 is 2.22 bits per heavy atom. The fraction of sp³-hybridized carbons (Fsp3) is 0.538. The summed E-state index contributed by atoms with van der Waals surface area (Å²) in [4.78, 5) is 15.7. The Hall–Kier alpha value is -1.62. The maximum absolute atomic E-state index is 11.3. The van der Waals surface area contributed by atoms with E-state index in [1.807, 2.05) is 6.92 Å². The van der Waals surface area contributed by atoms with Gasteiger partial charge in [-0.25, -0.2) is 4.98 Å². The predicted molar refractivity (Wildman–Crippen MR) is 71.6 cm³/mol. The first-order valence-electron chi connectivity index (χ1n) is 6.39. The summed E-state index contributed by atoms with van der Waals surface area (Å²) in [5.74, 6) is 0.811. The molecule has 1 amide bonds. The molecular weight excluding hydrogens is 228 g/mol. The van der Waals surface area contributed by atoms with Gasteiger partial charge in [-0.2, -0.15) is 0 Å². The van der Waals surface area contributed by atoms with Crippen molar-refractivity contribution >= 4 is 11.7 Å². The van der Waals surface area contributed by atoms with Gasteiger partial charge in [-0.3, -0.25) is 4.79 Å². The summed E-state index contributed by atoms with van der Waals surface area (Å²) in [6, 6.07) is 3.53. The van der Waals surface area contributed by atoms with Crippen LogP contribution >= 0.6 is 0 Å². The Labute approximate surface area is 107 Å². The van der Waals surface area contributed by atoms with Crippen LogP contribution in [0.4, 0.5) is 5.82 Å². The molecule has 0 aromatic carbocycles. The number of hydrogen-bond donors (Lipinski definition) is 3. The Morgan fingerprint density at radius 3 is 2.89 bits per heavy atom. The fourth-order valence-electron chi connectivity index (χ4n) is 2.22. The summed E-state index contributed by atoms with van der Waals surface area (Å²) in [6.07, 6.45) is 2.31. The number of amides is 1. The second-order valence-electron chi connectivity index (χ2n) is 4.79. The molecule has 1 saturated heterocycles. The molecule has 0 unspecified atom stereocenters. The van der Waals surface area contributed by atoms with E-state index in [1.54, 1.807) is 12.1 Å². The van der Waals surface area contributed by atoms with E-state index in [1.165, 1.54) is 0 Å². The first-order chi connectivity index (χ1) is 8.66. The molecule has 1 fully saturated rings. The first-order valence-corrected chi connectivity index (χ1v) is 6.39. The van der Waals surface area contributed by atoms with Crippen LogP contribution in [0.25, 0.3) is 0 Å². The van der Waals surface area contributed by atoms with E-state index in [-0.39, 0.29) is 0 Å².